The van der Waals surface area contributed by atoms with Gasteiger partial charge in [-0.15, -0.1) is 0 Å². The highest BCUT2D eigenvalue weighted by molar-refractivity contribution is 6.18. The zero-order valence-corrected chi connectivity index (χ0v) is 17.1. The highest BCUT2D eigenvalue weighted by atomic mass is 16.5. The monoisotopic (exact) mass is 411 g/mol. The normalized spacial score (nSPS) is 10.6. The van der Waals surface area contributed by atoms with Gasteiger partial charge in [0.15, 0.2) is 5.76 Å². The van der Waals surface area contributed by atoms with Gasteiger partial charge in [0, 0.05) is 16.5 Å². The summed E-state index contributed by atoms with van der Waals surface area (Å²) in [6.07, 6.45) is 1.65. The van der Waals surface area contributed by atoms with Crippen LogP contribution in [-0.2, 0) is 0 Å². The third-order valence-corrected chi connectivity index (χ3v) is 4.84. The number of amides is 1. The fourth-order valence-corrected chi connectivity index (χ4v) is 3.21. The highest BCUT2D eigenvalue weighted by Crippen LogP contribution is 2.33. The van der Waals surface area contributed by atoms with E-state index in [9.17, 15) is 9.59 Å². The summed E-state index contributed by atoms with van der Waals surface area (Å²) in [5, 5.41) is 3.53. The second-order valence-electron chi connectivity index (χ2n) is 7.08. The van der Waals surface area contributed by atoms with Gasteiger partial charge in [0.1, 0.15) is 17.9 Å². The molecule has 5 heteroatoms. The van der Waals surface area contributed by atoms with E-state index in [4.69, 9.17) is 9.15 Å². The molecule has 0 spiro atoms. The molecule has 154 valence electrons. The van der Waals surface area contributed by atoms with Crippen LogP contribution in [0, 0.1) is 6.92 Å². The molecule has 0 aliphatic heterocycles. The molecule has 5 nitrogen and oxygen atoms in total. The van der Waals surface area contributed by atoms with E-state index < -0.39 is 0 Å². The number of anilines is 1. The molecule has 0 saturated heterocycles. The third-order valence-electron chi connectivity index (χ3n) is 4.84. The lowest BCUT2D eigenvalue weighted by Gasteiger charge is -2.08. The van der Waals surface area contributed by atoms with E-state index in [2.05, 4.69) is 11.9 Å². The number of ketones is 1. The Morgan fingerprint density at radius 1 is 0.968 bits per heavy atom. The molecule has 0 bridgehead atoms. The van der Waals surface area contributed by atoms with Gasteiger partial charge in [-0.25, -0.2) is 0 Å². The lowest BCUT2D eigenvalue weighted by atomic mass is 10.1. The number of fused-ring (bicyclic) bond motifs is 1. The quantitative estimate of drug-likeness (QED) is 0.309. The van der Waals surface area contributed by atoms with Crippen molar-refractivity contribution in [2.75, 3.05) is 11.9 Å². The Hall–Kier alpha value is -4.12. The number of carbonyl (C=O) groups is 2. The molecule has 0 saturated carbocycles. The minimum Gasteiger partial charge on any atom is -0.490 e. The topological polar surface area (TPSA) is 68.5 Å². The number of benzene rings is 3. The van der Waals surface area contributed by atoms with E-state index in [1.807, 2.05) is 37.3 Å². The first-order valence-electron chi connectivity index (χ1n) is 9.85. The highest BCUT2D eigenvalue weighted by Gasteiger charge is 2.23. The molecule has 0 aliphatic carbocycles. The Morgan fingerprint density at radius 3 is 2.35 bits per heavy atom. The van der Waals surface area contributed by atoms with Crippen molar-refractivity contribution < 1.29 is 18.7 Å². The van der Waals surface area contributed by atoms with Crippen LogP contribution in [0.4, 0.5) is 5.69 Å². The maximum absolute atomic E-state index is 13.1. The van der Waals surface area contributed by atoms with Gasteiger partial charge in [-0.05, 0) is 43.3 Å². The fourth-order valence-electron chi connectivity index (χ4n) is 3.21. The predicted molar refractivity (Wildman–Crippen MR) is 121 cm³/mol. The van der Waals surface area contributed by atoms with Gasteiger partial charge in [-0.3, -0.25) is 9.59 Å². The molecule has 1 heterocycles. The lowest BCUT2D eigenvalue weighted by Crippen LogP contribution is -2.14. The maximum atomic E-state index is 13.1. The molecule has 0 fully saturated rings. The number of hydrogen-bond acceptors (Lipinski definition) is 4. The Bertz CT molecular complexity index is 1250. The summed E-state index contributed by atoms with van der Waals surface area (Å²) >= 11 is 0. The summed E-state index contributed by atoms with van der Waals surface area (Å²) in [4.78, 5) is 26.1. The second-order valence-corrected chi connectivity index (χ2v) is 7.08. The average molecular weight is 411 g/mol. The van der Waals surface area contributed by atoms with Crippen molar-refractivity contribution in [2.45, 2.75) is 6.92 Å². The summed E-state index contributed by atoms with van der Waals surface area (Å²) in [7, 11) is 0. The Balaban J connectivity index is 1.67. The van der Waals surface area contributed by atoms with Gasteiger partial charge < -0.3 is 14.5 Å². The third kappa shape index (κ3) is 4.26. The first-order chi connectivity index (χ1) is 15.1. The Kier molecular flexibility index (Phi) is 5.67. The van der Waals surface area contributed by atoms with Crippen molar-refractivity contribution in [1.29, 1.82) is 0 Å². The van der Waals surface area contributed by atoms with Crippen LogP contribution in [-0.4, -0.2) is 18.3 Å². The van der Waals surface area contributed by atoms with E-state index in [1.54, 1.807) is 48.5 Å². The molecule has 4 aromatic rings. The number of aryl methyl sites for hydroxylation is 1. The molecule has 1 aromatic heterocycles. The molecule has 0 unspecified atom stereocenters. The molecular weight excluding hydrogens is 390 g/mol. The van der Waals surface area contributed by atoms with E-state index in [-0.39, 0.29) is 17.5 Å². The van der Waals surface area contributed by atoms with Gasteiger partial charge in [0.25, 0.3) is 5.91 Å². The van der Waals surface area contributed by atoms with Gasteiger partial charge in [0.05, 0.1) is 5.69 Å². The van der Waals surface area contributed by atoms with Crippen molar-refractivity contribution in [2.24, 2.45) is 0 Å². The number of rotatable bonds is 7. The zero-order valence-electron chi connectivity index (χ0n) is 17.1. The lowest BCUT2D eigenvalue weighted by molar-refractivity contribution is 0.101. The second kappa shape index (κ2) is 8.71. The van der Waals surface area contributed by atoms with E-state index in [1.165, 1.54) is 0 Å². The van der Waals surface area contributed by atoms with E-state index in [0.29, 0.717) is 40.1 Å². The maximum Gasteiger partial charge on any atom is 0.255 e. The SMILES string of the molecule is C=CCOc1ccc(C(=O)Nc2c(C(=O)c3ccc(C)cc3)oc3ccccc23)cc1. The van der Waals surface area contributed by atoms with Crippen LogP contribution in [0.2, 0.25) is 0 Å². The van der Waals surface area contributed by atoms with Crippen molar-refractivity contribution in [3.05, 3.63) is 108 Å². The van der Waals surface area contributed by atoms with Gasteiger partial charge >= 0.3 is 0 Å². The molecule has 1 amide bonds. The Morgan fingerprint density at radius 2 is 1.65 bits per heavy atom. The summed E-state index contributed by atoms with van der Waals surface area (Å²) in [6, 6.07) is 21.2. The average Bonchev–Trinajstić information content (AvgIpc) is 3.16. The van der Waals surface area contributed by atoms with E-state index in [0.717, 1.165) is 5.56 Å². The molecule has 0 atom stereocenters. The summed E-state index contributed by atoms with van der Waals surface area (Å²) in [5.41, 5.74) is 2.86. The van der Waals surface area contributed by atoms with Crippen molar-refractivity contribution in [1.82, 2.24) is 0 Å². The first kappa shape index (κ1) is 20.2. The van der Waals surface area contributed by atoms with E-state index >= 15 is 0 Å². The van der Waals surface area contributed by atoms with Gasteiger partial charge in [-0.2, -0.15) is 0 Å². The van der Waals surface area contributed by atoms with Crippen LogP contribution >= 0.6 is 0 Å². The van der Waals surface area contributed by atoms with Crippen LogP contribution in [0.25, 0.3) is 11.0 Å². The summed E-state index contributed by atoms with van der Waals surface area (Å²) in [5.74, 6) is 0.101. The number of hydrogen-bond donors (Lipinski definition) is 1. The minimum atomic E-state index is -0.347. The van der Waals surface area contributed by atoms with Crippen LogP contribution in [0.1, 0.15) is 32.0 Å². The van der Waals surface area contributed by atoms with Crippen molar-refractivity contribution in [3.63, 3.8) is 0 Å². The number of para-hydroxylation sites is 1. The number of nitrogens with one attached hydrogen (secondary N) is 1. The minimum absolute atomic E-state index is 0.101. The van der Waals surface area contributed by atoms with Crippen LogP contribution in [0.15, 0.2) is 89.9 Å². The molecule has 3 aromatic carbocycles. The molecule has 1 N–H and O–H groups in total. The summed E-state index contributed by atoms with van der Waals surface area (Å²) in [6.45, 7) is 5.95. The first-order valence-corrected chi connectivity index (χ1v) is 9.85. The van der Waals surface area contributed by atoms with Gasteiger partial charge in [0.2, 0.25) is 5.78 Å². The Labute approximate surface area is 180 Å². The molecule has 31 heavy (non-hydrogen) atoms. The molecule has 4 rings (SSSR count). The number of furan rings is 1. The number of carbonyl (C=O) groups excluding carboxylic acids is 2. The zero-order chi connectivity index (χ0) is 21.8. The van der Waals surface area contributed by atoms with Crippen LogP contribution < -0.4 is 10.1 Å². The van der Waals surface area contributed by atoms with Crippen molar-refractivity contribution >= 4 is 28.3 Å². The smallest absolute Gasteiger partial charge is 0.255 e. The molecule has 0 aliphatic rings. The molecular formula is C26H21NO4. The van der Waals surface area contributed by atoms with Crippen molar-refractivity contribution in [3.8, 4) is 5.75 Å². The van der Waals surface area contributed by atoms with Crippen LogP contribution in [0.5, 0.6) is 5.75 Å². The molecule has 0 radical (unpaired) electrons. The fraction of sp³-hybridized carbons (Fsp3) is 0.0769. The standard InChI is InChI=1S/C26H21NO4/c1-3-16-30-20-14-12-19(13-15-20)26(29)27-23-21-6-4-5-7-22(21)31-25(23)24(28)18-10-8-17(2)9-11-18/h3-15H,1,16H2,2H3,(H,27,29). The number of ether oxygens (including phenoxy) is 1. The largest absolute Gasteiger partial charge is 0.490 e. The van der Waals surface area contributed by atoms with Gasteiger partial charge in [-0.1, -0.05) is 54.6 Å². The van der Waals surface area contributed by atoms with Crippen LogP contribution in [0.3, 0.4) is 0 Å². The summed E-state index contributed by atoms with van der Waals surface area (Å²) < 4.78 is 11.3. The predicted octanol–water partition coefficient (Wildman–Crippen LogP) is 5.79.